The molecule has 0 saturated heterocycles. The average molecular weight is 270 g/mol. The van der Waals surface area contributed by atoms with E-state index in [0.717, 1.165) is 25.7 Å². The third kappa shape index (κ3) is 10.5. The monoisotopic (exact) mass is 270 g/mol. The maximum absolute atomic E-state index is 10.8. The molecule has 1 aliphatic rings. The molecule has 4 nitrogen and oxygen atoms in total. The van der Waals surface area contributed by atoms with Crippen LogP contribution in [0.1, 0.15) is 39.5 Å². The Bertz CT molecular complexity index is 288. The van der Waals surface area contributed by atoms with Crippen molar-refractivity contribution in [2.75, 3.05) is 0 Å². The van der Waals surface area contributed by atoms with E-state index < -0.39 is 5.97 Å². The molecule has 1 aliphatic carbocycles. The standard InChI is InChI=1S/C11H17O2.CO2.2Na/c1-8(2)7-10(11(12)13)9-5-3-4-6-9;2-1-3;;/h8-9H,3-6H2,1-2H3,(H,12,13);;;/q-1;;2*+1/p-1. The van der Waals surface area contributed by atoms with Crippen LogP contribution in [0.2, 0.25) is 0 Å². The Morgan fingerprint density at radius 3 is 1.89 bits per heavy atom. The van der Waals surface area contributed by atoms with Gasteiger partial charge in [-0.05, 0) is 18.8 Å². The Balaban J connectivity index is -0.000000410. The summed E-state index contributed by atoms with van der Waals surface area (Å²) in [5.74, 6) is -0.651. The van der Waals surface area contributed by atoms with E-state index in [1.165, 1.54) is 0 Å². The first kappa shape index (κ1) is 23.7. The van der Waals surface area contributed by atoms with Crippen LogP contribution in [0.3, 0.4) is 0 Å². The van der Waals surface area contributed by atoms with Crippen LogP contribution in [-0.4, -0.2) is 12.1 Å². The van der Waals surface area contributed by atoms with Crippen molar-refractivity contribution in [3.63, 3.8) is 0 Å². The summed E-state index contributed by atoms with van der Waals surface area (Å²) >= 11 is 0. The summed E-state index contributed by atoms with van der Waals surface area (Å²) in [6, 6.07) is 0. The van der Waals surface area contributed by atoms with E-state index in [-0.39, 0.29) is 77.1 Å². The van der Waals surface area contributed by atoms with Gasteiger partial charge in [0.05, 0.1) is 0 Å². The van der Waals surface area contributed by atoms with Gasteiger partial charge in [0.25, 0.3) is 0 Å². The fourth-order valence-corrected chi connectivity index (χ4v) is 1.87. The van der Waals surface area contributed by atoms with Crippen LogP contribution in [0.25, 0.3) is 0 Å². The maximum Gasteiger partial charge on any atom is 1.00 e. The van der Waals surface area contributed by atoms with Gasteiger partial charge in [0.2, 0.25) is 0 Å². The summed E-state index contributed by atoms with van der Waals surface area (Å²) in [7, 11) is 0. The summed E-state index contributed by atoms with van der Waals surface area (Å²) in [6.45, 7) is 3.88. The summed E-state index contributed by atoms with van der Waals surface area (Å²) < 4.78 is 0. The molecule has 90 valence electrons. The molecule has 1 saturated carbocycles. The second-order valence-corrected chi connectivity index (χ2v) is 4.06. The van der Waals surface area contributed by atoms with Crippen LogP contribution in [0.4, 0.5) is 0 Å². The van der Waals surface area contributed by atoms with Crippen molar-refractivity contribution in [2.45, 2.75) is 39.5 Å². The molecule has 18 heavy (non-hydrogen) atoms. The molecule has 0 amide bonds. The molecule has 0 aromatic carbocycles. The van der Waals surface area contributed by atoms with Gasteiger partial charge in [0, 0.05) is 0 Å². The van der Waals surface area contributed by atoms with Crippen LogP contribution >= 0.6 is 0 Å². The third-order valence-electron chi connectivity index (χ3n) is 2.43. The number of aliphatic carboxylic acids is 1. The summed E-state index contributed by atoms with van der Waals surface area (Å²) in [5, 5.41) is 10.8. The number of hydrogen-bond donors (Lipinski definition) is 0. The number of carboxylic acid groups (broad SMARTS) is 1. The van der Waals surface area contributed by atoms with E-state index in [0.29, 0.717) is 5.57 Å². The second kappa shape index (κ2) is 14.0. The topological polar surface area (TPSA) is 74.3 Å². The fourth-order valence-electron chi connectivity index (χ4n) is 1.87. The first-order chi connectivity index (χ1) is 7.52. The van der Waals surface area contributed by atoms with Gasteiger partial charge in [0.15, 0.2) is 0 Å². The van der Waals surface area contributed by atoms with Crippen molar-refractivity contribution in [3.05, 3.63) is 11.6 Å². The zero-order valence-corrected chi connectivity index (χ0v) is 15.6. The van der Waals surface area contributed by atoms with Crippen molar-refractivity contribution in [1.82, 2.24) is 0 Å². The molecular weight excluding hydrogens is 254 g/mol. The van der Waals surface area contributed by atoms with Crippen LogP contribution in [0.5, 0.6) is 0 Å². The Labute approximate surface area is 152 Å². The van der Waals surface area contributed by atoms with Gasteiger partial charge in [-0.3, -0.25) is 6.08 Å². The van der Waals surface area contributed by atoms with Crippen LogP contribution in [-0.2, 0) is 14.4 Å². The predicted molar refractivity (Wildman–Crippen MR) is 53.6 cm³/mol. The van der Waals surface area contributed by atoms with Crippen molar-refractivity contribution in [2.24, 2.45) is 11.8 Å². The minimum Gasteiger partial charge on any atom is -0.658 e. The molecule has 0 atom stereocenters. The molecule has 0 radical (unpaired) electrons. The summed E-state index contributed by atoms with van der Waals surface area (Å²) in [4.78, 5) is 27.1. The minimum absolute atomic E-state index is 0. The molecule has 6 heteroatoms. The number of allylic oxidation sites excluding steroid dienone is 1. The Morgan fingerprint density at radius 2 is 1.61 bits per heavy atom. The number of carbonyl (C=O) groups excluding carboxylic acids is 3. The first-order valence-electron chi connectivity index (χ1n) is 5.37. The van der Waals surface area contributed by atoms with Crippen molar-refractivity contribution < 1.29 is 78.6 Å². The van der Waals surface area contributed by atoms with Crippen molar-refractivity contribution in [3.8, 4) is 0 Å². The zero-order chi connectivity index (χ0) is 12.6. The van der Waals surface area contributed by atoms with E-state index in [1.807, 2.05) is 13.8 Å². The molecular formula is C12H16Na2O4. The van der Waals surface area contributed by atoms with Gasteiger partial charge < -0.3 is 9.90 Å². The van der Waals surface area contributed by atoms with E-state index >= 15 is 0 Å². The molecule has 0 N–H and O–H groups in total. The molecule has 0 heterocycles. The second-order valence-electron chi connectivity index (χ2n) is 4.06. The van der Waals surface area contributed by atoms with Gasteiger partial charge in [-0.1, -0.05) is 26.7 Å². The molecule has 1 fully saturated rings. The molecule has 0 aliphatic heterocycles. The van der Waals surface area contributed by atoms with Gasteiger partial charge in [-0.25, -0.2) is 0 Å². The van der Waals surface area contributed by atoms with E-state index in [4.69, 9.17) is 9.59 Å². The molecule has 0 spiro atoms. The zero-order valence-electron chi connectivity index (χ0n) is 11.6. The number of hydrogen-bond acceptors (Lipinski definition) is 4. The van der Waals surface area contributed by atoms with Gasteiger partial charge in [0.1, 0.15) is 0 Å². The molecule has 0 aromatic rings. The Hall–Kier alpha value is 0.590. The van der Waals surface area contributed by atoms with E-state index in [1.54, 1.807) is 0 Å². The van der Waals surface area contributed by atoms with Gasteiger partial charge in [-0.15, -0.1) is 11.9 Å². The first-order valence-corrected chi connectivity index (χ1v) is 5.37. The van der Waals surface area contributed by atoms with Crippen LogP contribution < -0.4 is 64.2 Å². The maximum atomic E-state index is 10.8. The third-order valence-corrected chi connectivity index (χ3v) is 2.43. The van der Waals surface area contributed by atoms with E-state index in [9.17, 15) is 9.90 Å². The summed E-state index contributed by atoms with van der Waals surface area (Å²) in [5.41, 5.74) is 0.410. The Kier molecular flexibility index (Phi) is 18.4. The molecule has 0 unspecified atom stereocenters. The number of carbonyl (C=O) groups is 1. The smallest absolute Gasteiger partial charge is 0.658 e. The minimum atomic E-state index is -1.03. The number of carboxylic acids is 1. The fraction of sp³-hybridized carbons (Fsp3) is 0.667. The van der Waals surface area contributed by atoms with Crippen molar-refractivity contribution >= 4 is 12.1 Å². The predicted octanol–water partition coefficient (Wildman–Crippen LogP) is -5.26. The van der Waals surface area contributed by atoms with E-state index in [2.05, 4.69) is 6.08 Å². The Morgan fingerprint density at radius 1 is 1.22 bits per heavy atom. The molecule has 1 rings (SSSR count). The summed E-state index contributed by atoms with van der Waals surface area (Å²) in [6.07, 6.45) is 7.48. The van der Waals surface area contributed by atoms with Gasteiger partial charge in [-0.2, -0.15) is 15.2 Å². The van der Waals surface area contributed by atoms with Crippen LogP contribution in [0, 0.1) is 17.9 Å². The largest absolute Gasteiger partial charge is 1.00 e. The molecule has 0 bridgehead atoms. The van der Waals surface area contributed by atoms with Crippen molar-refractivity contribution in [1.29, 1.82) is 0 Å². The quantitative estimate of drug-likeness (QED) is 0.292. The average Bonchev–Trinajstić information content (AvgIpc) is 2.67. The van der Waals surface area contributed by atoms with Gasteiger partial charge >= 0.3 is 65.3 Å². The normalized spacial score (nSPS) is 14.7. The van der Waals surface area contributed by atoms with Crippen LogP contribution in [0.15, 0.2) is 5.57 Å². The molecule has 0 aromatic heterocycles. The number of rotatable bonds is 3. The SMILES string of the molecule is CC(C)[C-]=C(C(=O)[O-])C1CCCC1.O=C=O.[Na+].[Na+].